The highest BCUT2D eigenvalue weighted by atomic mass is 16.7. The van der Waals surface area contributed by atoms with Crippen molar-refractivity contribution in [3.8, 4) is 0 Å². The molecule has 1 aliphatic rings. The van der Waals surface area contributed by atoms with Crippen LogP contribution >= 0.6 is 0 Å². The van der Waals surface area contributed by atoms with Crippen LogP contribution in [0.25, 0.3) is 0 Å². The molecule has 0 aliphatic carbocycles. The van der Waals surface area contributed by atoms with Gasteiger partial charge in [-0.05, 0) is 50.4 Å². The SMILES string of the molecule is CCCC(CCC(C)C(C)CC(C)(C)C)C1OC(C)C(C)O1. The zero-order valence-electron chi connectivity index (χ0n) is 16.3. The van der Waals surface area contributed by atoms with Crippen molar-refractivity contribution < 1.29 is 9.47 Å². The molecule has 22 heavy (non-hydrogen) atoms. The zero-order chi connectivity index (χ0) is 16.9. The molecule has 2 nitrogen and oxygen atoms in total. The van der Waals surface area contributed by atoms with Crippen molar-refractivity contribution in [3.05, 3.63) is 0 Å². The Kier molecular flexibility index (Phi) is 7.88. The molecule has 5 atom stereocenters. The van der Waals surface area contributed by atoms with Gasteiger partial charge in [-0.1, -0.05) is 54.4 Å². The minimum atomic E-state index is 0.0232. The second-order valence-corrected chi connectivity index (χ2v) is 8.90. The third-order valence-corrected chi connectivity index (χ3v) is 5.30. The van der Waals surface area contributed by atoms with Gasteiger partial charge >= 0.3 is 0 Å². The molecule has 1 fully saturated rings. The molecule has 0 amide bonds. The van der Waals surface area contributed by atoms with Gasteiger partial charge in [0.15, 0.2) is 6.29 Å². The summed E-state index contributed by atoms with van der Waals surface area (Å²) < 4.78 is 12.1. The Labute approximate surface area is 139 Å². The molecule has 1 rings (SSSR count). The summed E-state index contributed by atoms with van der Waals surface area (Å²) in [6, 6.07) is 0. The van der Waals surface area contributed by atoms with E-state index in [0.29, 0.717) is 11.3 Å². The lowest BCUT2D eigenvalue weighted by atomic mass is 9.78. The lowest BCUT2D eigenvalue weighted by molar-refractivity contribution is -0.106. The second-order valence-electron chi connectivity index (χ2n) is 8.90. The van der Waals surface area contributed by atoms with Crippen LogP contribution in [-0.4, -0.2) is 18.5 Å². The molecule has 1 heterocycles. The molecule has 1 aliphatic heterocycles. The summed E-state index contributed by atoms with van der Waals surface area (Å²) in [4.78, 5) is 0. The molecule has 5 unspecified atom stereocenters. The first-order chi connectivity index (χ1) is 10.1. The van der Waals surface area contributed by atoms with E-state index >= 15 is 0 Å². The van der Waals surface area contributed by atoms with Crippen molar-refractivity contribution in [3.63, 3.8) is 0 Å². The molecule has 0 bridgehead atoms. The maximum absolute atomic E-state index is 6.04. The van der Waals surface area contributed by atoms with Gasteiger partial charge in [0.1, 0.15) is 0 Å². The van der Waals surface area contributed by atoms with Crippen LogP contribution in [0.4, 0.5) is 0 Å². The maximum Gasteiger partial charge on any atom is 0.161 e. The number of hydrogen-bond acceptors (Lipinski definition) is 2. The summed E-state index contributed by atoms with van der Waals surface area (Å²) >= 11 is 0. The highest BCUT2D eigenvalue weighted by Crippen LogP contribution is 2.34. The summed E-state index contributed by atoms with van der Waals surface area (Å²) in [6.07, 6.45) is 6.74. The van der Waals surface area contributed by atoms with Crippen LogP contribution in [0.3, 0.4) is 0 Å². The normalized spacial score (nSPS) is 30.3. The van der Waals surface area contributed by atoms with Crippen LogP contribution in [-0.2, 0) is 9.47 Å². The molecule has 2 heteroatoms. The predicted octanol–water partition coefficient (Wildman–Crippen LogP) is 6.04. The minimum Gasteiger partial charge on any atom is -0.347 e. The van der Waals surface area contributed by atoms with Gasteiger partial charge in [-0.25, -0.2) is 0 Å². The van der Waals surface area contributed by atoms with Gasteiger partial charge in [0.25, 0.3) is 0 Å². The lowest BCUT2D eigenvalue weighted by Crippen LogP contribution is -2.24. The van der Waals surface area contributed by atoms with Crippen LogP contribution in [0.1, 0.15) is 87.5 Å². The summed E-state index contributed by atoms with van der Waals surface area (Å²) in [5, 5.41) is 0. The predicted molar refractivity (Wildman–Crippen MR) is 94.9 cm³/mol. The van der Waals surface area contributed by atoms with E-state index in [0.717, 1.165) is 11.8 Å². The maximum atomic E-state index is 6.04. The van der Waals surface area contributed by atoms with Crippen molar-refractivity contribution in [1.29, 1.82) is 0 Å². The van der Waals surface area contributed by atoms with Crippen LogP contribution in [0.15, 0.2) is 0 Å². The van der Waals surface area contributed by atoms with Crippen molar-refractivity contribution >= 4 is 0 Å². The molecule has 132 valence electrons. The summed E-state index contributed by atoms with van der Waals surface area (Å²) in [7, 11) is 0. The molecule has 0 aromatic rings. The van der Waals surface area contributed by atoms with Crippen LogP contribution in [0.5, 0.6) is 0 Å². The van der Waals surface area contributed by atoms with E-state index in [9.17, 15) is 0 Å². The molecular weight excluding hydrogens is 272 g/mol. The number of hydrogen-bond donors (Lipinski definition) is 0. The van der Waals surface area contributed by atoms with Crippen LogP contribution in [0, 0.1) is 23.2 Å². The van der Waals surface area contributed by atoms with E-state index < -0.39 is 0 Å². The summed E-state index contributed by atoms with van der Waals surface area (Å²) in [5.41, 5.74) is 0.430. The van der Waals surface area contributed by atoms with E-state index in [1.54, 1.807) is 0 Å². The molecule has 0 saturated carbocycles. The molecule has 0 aromatic heterocycles. The second kappa shape index (κ2) is 8.68. The van der Waals surface area contributed by atoms with Crippen LogP contribution < -0.4 is 0 Å². The van der Waals surface area contributed by atoms with Gasteiger partial charge in [0.05, 0.1) is 12.2 Å². The lowest BCUT2D eigenvalue weighted by Gasteiger charge is -2.29. The fourth-order valence-corrected chi connectivity index (χ4v) is 3.61. The molecule has 0 radical (unpaired) electrons. The van der Waals surface area contributed by atoms with Crippen molar-refractivity contribution in [1.82, 2.24) is 0 Å². The van der Waals surface area contributed by atoms with Gasteiger partial charge < -0.3 is 9.47 Å². The highest BCUT2D eigenvalue weighted by Gasteiger charge is 2.35. The average molecular weight is 313 g/mol. The molecule has 0 N–H and O–H groups in total. The Bertz CT molecular complexity index is 297. The quantitative estimate of drug-likeness (QED) is 0.544. The molecular formula is C20H40O2. The van der Waals surface area contributed by atoms with E-state index in [1.807, 2.05) is 0 Å². The first-order valence-electron chi connectivity index (χ1n) is 9.45. The molecule has 1 saturated heterocycles. The average Bonchev–Trinajstić information content (AvgIpc) is 2.72. The zero-order valence-corrected chi connectivity index (χ0v) is 16.3. The monoisotopic (exact) mass is 312 g/mol. The highest BCUT2D eigenvalue weighted by molar-refractivity contribution is 4.77. The first-order valence-corrected chi connectivity index (χ1v) is 9.45. The van der Waals surface area contributed by atoms with E-state index in [4.69, 9.17) is 9.47 Å². The van der Waals surface area contributed by atoms with E-state index in [1.165, 1.54) is 32.1 Å². The van der Waals surface area contributed by atoms with Gasteiger partial charge in [0, 0.05) is 5.92 Å². The van der Waals surface area contributed by atoms with Gasteiger partial charge in [-0.2, -0.15) is 0 Å². The summed E-state index contributed by atoms with van der Waals surface area (Å²) in [6.45, 7) is 18.4. The third-order valence-electron chi connectivity index (χ3n) is 5.30. The van der Waals surface area contributed by atoms with Gasteiger partial charge in [-0.15, -0.1) is 0 Å². The first kappa shape index (κ1) is 20.0. The standard InChI is InChI=1S/C20H40O2/c1-9-10-18(19-21-16(4)17(5)22-19)12-11-14(2)15(3)13-20(6,7)8/h14-19H,9-13H2,1-8H3. The van der Waals surface area contributed by atoms with Crippen molar-refractivity contribution in [2.75, 3.05) is 0 Å². The topological polar surface area (TPSA) is 18.5 Å². The Morgan fingerprint density at radius 3 is 1.86 bits per heavy atom. The fraction of sp³-hybridized carbons (Fsp3) is 1.00. The number of rotatable bonds is 8. The van der Waals surface area contributed by atoms with Crippen LogP contribution in [0.2, 0.25) is 0 Å². The third kappa shape index (κ3) is 6.58. The Hall–Kier alpha value is -0.0800. The minimum absolute atomic E-state index is 0.0232. The van der Waals surface area contributed by atoms with Gasteiger partial charge in [0.2, 0.25) is 0 Å². The van der Waals surface area contributed by atoms with E-state index in [2.05, 4.69) is 55.4 Å². The van der Waals surface area contributed by atoms with E-state index in [-0.39, 0.29) is 18.5 Å². The Morgan fingerprint density at radius 1 is 0.864 bits per heavy atom. The Morgan fingerprint density at radius 2 is 1.41 bits per heavy atom. The Balaban J connectivity index is 2.47. The van der Waals surface area contributed by atoms with Gasteiger partial charge in [-0.3, -0.25) is 0 Å². The summed E-state index contributed by atoms with van der Waals surface area (Å²) in [5.74, 6) is 2.11. The van der Waals surface area contributed by atoms with Crippen molar-refractivity contribution in [2.45, 2.75) is 106 Å². The smallest absolute Gasteiger partial charge is 0.161 e. The molecule has 0 aromatic carbocycles. The largest absolute Gasteiger partial charge is 0.347 e. The molecule has 0 spiro atoms. The number of ether oxygens (including phenoxy) is 2. The van der Waals surface area contributed by atoms with Crippen molar-refractivity contribution in [2.24, 2.45) is 23.2 Å². The fourth-order valence-electron chi connectivity index (χ4n) is 3.61.